The second-order valence-corrected chi connectivity index (χ2v) is 2.63. The van der Waals surface area contributed by atoms with Gasteiger partial charge in [-0.25, -0.2) is 4.39 Å². The Hall–Kier alpha value is -1.64. The first-order valence-electron chi connectivity index (χ1n) is 3.89. The molecule has 0 radical (unpaired) electrons. The summed E-state index contributed by atoms with van der Waals surface area (Å²) in [6, 6.07) is 6.11. The number of rotatable bonds is 3. The molecule has 0 saturated heterocycles. The summed E-state index contributed by atoms with van der Waals surface area (Å²) >= 11 is 0. The van der Waals surface area contributed by atoms with Crippen LogP contribution in [0.25, 0.3) is 6.08 Å². The Morgan fingerprint density at radius 1 is 1.54 bits per heavy atom. The second kappa shape index (κ2) is 4.40. The number of hydrogen-bond acceptors (Lipinski definition) is 1. The molecule has 1 rings (SSSR count). The van der Waals surface area contributed by atoms with Crippen LogP contribution in [0.2, 0.25) is 0 Å². The van der Waals surface area contributed by atoms with Gasteiger partial charge in [0.1, 0.15) is 5.82 Å². The van der Waals surface area contributed by atoms with Crippen molar-refractivity contribution in [3.05, 3.63) is 41.7 Å². The lowest BCUT2D eigenvalue weighted by Crippen LogP contribution is -2.07. The molecule has 2 N–H and O–H groups in total. The monoisotopic (exact) mass is 179 g/mol. The van der Waals surface area contributed by atoms with Crippen LogP contribution in [0.1, 0.15) is 12.0 Å². The molecule has 0 aromatic heterocycles. The number of benzene rings is 1. The minimum absolute atomic E-state index is 0.177. The van der Waals surface area contributed by atoms with Gasteiger partial charge in [0.25, 0.3) is 0 Å². The Kier molecular flexibility index (Phi) is 3.20. The summed E-state index contributed by atoms with van der Waals surface area (Å²) in [5, 5.41) is 0. The molecule has 0 unspecified atom stereocenters. The highest BCUT2D eigenvalue weighted by Crippen LogP contribution is 2.05. The van der Waals surface area contributed by atoms with Crippen molar-refractivity contribution in [2.75, 3.05) is 0 Å². The molecule has 68 valence electrons. The molecule has 0 aliphatic rings. The Bertz CT molecular complexity index is 333. The Balaban J connectivity index is 2.63. The standard InChI is InChI=1S/C10H10FNO/c11-9-5-1-3-8(7-9)4-2-6-10(12)13/h1-5,7H,6H2,(H2,12,13)/b4-2+. The van der Waals surface area contributed by atoms with E-state index in [2.05, 4.69) is 0 Å². The van der Waals surface area contributed by atoms with Gasteiger partial charge in [0, 0.05) is 6.42 Å². The topological polar surface area (TPSA) is 43.1 Å². The van der Waals surface area contributed by atoms with Gasteiger partial charge >= 0.3 is 0 Å². The molecule has 1 aromatic rings. The van der Waals surface area contributed by atoms with E-state index in [9.17, 15) is 9.18 Å². The molecule has 3 heteroatoms. The Morgan fingerprint density at radius 3 is 2.92 bits per heavy atom. The van der Waals surface area contributed by atoms with E-state index in [1.807, 2.05) is 0 Å². The maximum absolute atomic E-state index is 12.6. The second-order valence-electron chi connectivity index (χ2n) is 2.63. The Morgan fingerprint density at radius 2 is 2.31 bits per heavy atom. The number of amides is 1. The molecule has 0 heterocycles. The Labute approximate surface area is 75.9 Å². The van der Waals surface area contributed by atoms with Crippen molar-refractivity contribution in [1.82, 2.24) is 0 Å². The molecule has 0 atom stereocenters. The van der Waals surface area contributed by atoms with E-state index in [-0.39, 0.29) is 12.2 Å². The van der Waals surface area contributed by atoms with Crippen LogP contribution in [-0.4, -0.2) is 5.91 Å². The van der Waals surface area contributed by atoms with Gasteiger partial charge in [0.2, 0.25) is 5.91 Å². The normalized spacial score (nSPS) is 10.5. The summed E-state index contributed by atoms with van der Waals surface area (Å²) in [7, 11) is 0. The number of carbonyl (C=O) groups is 1. The van der Waals surface area contributed by atoms with Crippen LogP contribution in [0.15, 0.2) is 30.3 Å². The van der Waals surface area contributed by atoms with E-state index >= 15 is 0 Å². The lowest BCUT2D eigenvalue weighted by atomic mass is 10.2. The van der Waals surface area contributed by atoms with Gasteiger partial charge in [-0.05, 0) is 17.7 Å². The van der Waals surface area contributed by atoms with E-state index in [1.54, 1.807) is 24.3 Å². The summed E-state index contributed by atoms with van der Waals surface area (Å²) in [6.45, 7) is 0. The number of primary amides is 1. The van der Waals surface area contributed by atoms with Crippen LogP contribution in [0.4, 0.5) is 4.39 Å². The van der Waals surface area contributed by atoms with Gasteiger partial charge in [0.15, 0.2) is 0 Å². The first-order chi connectivity index (χ1) is 6.18. The summed E-state index contributed by atoms with van der Waals surface area (Å²) in [6.07, 6.45) is 3.45. The van der Waals surface area contributed by atoms with Crippen LogP contribution >= 0.6 is 0 Å². The lowest BCUT2D eigenvalue weighted by Gasteiger charge is -1.92. The molecule has 0 aliphatic carbocycles. The maximum Gasteiger partial charge on any atom is 0.221 e. The average molecular weight is 179 g/mol. The molecular formula is C10H10FNO. The molecule has 1 aromatic carbocycles. The van der Waals surface area contributed by atoms with Gasteiger partial charge < -0.3 is 5.73 Å². The minimum Gasteiger partial charge on any atom is -0.369 e. The fourth-order valence-electron chi connectivity index (χ4n) is 0.921. The van der Waals surface area contributed by atoms with Crippen molar-refractivity contribution in [2.24, 2.45) is 5.73 Å². The lowest BCUT2D eigenvalue weighted by molar-refractivity contribution is -0.117. The first-order valence-corrected chi connectivity index (χ1v) is 3.89. The number of carbonyl (C=O) groups excluding carboxylic acids is 1. The number of nitrogens with two attached hydrogens (primary N) is 1. The van der Waals surface area contributed by atoms with Crippen molar-refractivity contribution in [3.63, 3.8) is 0 Å². The maximum atomic E-state index is 12.6. The van der Waals surface area contributed by atoms with E-state index < -0.39 is 5.91 Å². The van der Waals surface area contributed by atoms with Crippen molar-refractivity contribution in [1.29, 1.82) is 0 Å². The van der Waals surface area contributed by atoms with Crippen LogP contribution in [0, 0.1) is 5.82 Å². The molecule has 0 bridgehead atoms. The summed E-state index contributed by atoms with van der Waals surface area (Å²) in [4.78, 5) is 10.4. The van der Waals surface area contributed by atoms with Gasteiger partial charge in [-0.1, -0.05) is 24.3 Å². The van der Waals surface area contributed by atoms with E-state index in [0.717, 1.165) is 5.56 Å². The van der Waals surface area contributed by atoms with E-state index in [0.29, 0.717) is 0 Å². The largest absolute Gasteiger partial charge is 0.369 e. The number of hydrogen-bond donors (Lipinski definition) is 1. The van der Waals surface area contributed by atoms with E-state index in [1.165, 1.54) is 12.1 Å². The van der Waals surface area contributed by atoms with Crippen molar-refractivity contribution in [2.45, 2.75) is 6.42 Å². The van der Waals surface area contributed by atoms with Crippen molar-refractivity contribution < 1.29 is 9.18 Å². The average Bonchev–Trinajstić information content (AvgIpc) is 2.03. The molecular weight excluding hydrogens is 169 g/mol. The molecule has 0 spiro atoms. The molecule has 0 aliphatic heterocycles. The number of halogens is 1. The molecule has 0 saturated carbocycles. The zero-order chi connectivity index (χ0) is 9.68. The third-order valence-electron chi connectivity index (χ3n) is 1.48. The predicted molar refractivity (Wildman–Crippen MR) is 49.2 cm³/mol. The molecule has 13 heavy (non-hydrogen) atoms. The van der Waals surface area contributed by atoms with Crippen LogP contribution < -0.4 is 5.73 Å². The highest BCUT2D eigenvalue weighted by Gasteiger charge is 1.90. The van der Waals surface area contributed by atoms with Gasteiger partial charge in [-0.15, -0.1) is 0 Å². The fraction of sp³-hybridized carbons (Fsp3) is 0.100. The molecule has 0 fully saturated rings. The third-order valence-corrected chi connectivity index (χ3v) is 1.48. The fourth-order valence-corrected chi connectivity index (χ4v) is 0.921. The van der Waals surface area contributed by atoms with E-state index in [4.69, 9.17) is 5.73 Å². The summed E-state index contributed by atoms with van der Waals surface area (Å²) in [5.74, 6) is -0.686. The smallest absolute Gasteiger partial charge is 0.221 e. The first kappa shape index (κ1) is 9.45. The zero-order valence-electron chi connectivity index (χ0n) is 7.03. The van der Waals surface area contributed by atoms with Crippen LogP contribution in [0.5, 0.6) is 0 Å². The highest BCUT2D eigenvalue weighted by molar-refractivity contribution is 5.76. The highest BCUT2D eigenvalue weighted by atomic mass is 19.1. The summed E-state index contributed by atoms with van der Waals surface area (Å²) in [5.41, 5.74) is 5.65. The SMILES string of the molecule is NC(=O)C/C=C/c1cccc(F)c1. The van der Waals surface area contributed by atoms with Gasteiger partial charge in [0.05, 0.1) is 0 Å². The molecule has 2 nitrogen and oxygen atoms in total. The van der Waals surface area contributed by atoms with Crippen LogP contribution in [0.3, 0.4) is 0 Å². The van der Waals surface area contributed by atoms with Crippen molar-refractivity contribution in [3.8, 4) is 0 Å². The van der Waals surface area contributed by atoms with Gasteiger partial charge in [-0.3, -0.25) is 4.79 Å². The third kappa shape index (κ3) is 3.51. The summed E-state index contributed by atoms with van der Waals surface area (Å²) < 4.78 is 12.6. The van der Waals surface area contributed by atoms with Gasteiger partial charge in [-0.2, -0.15) is 0 Å². The molecule has 1 amide bonds. The quantitative estimate of drug-likeness (QED) is 0.754. The zero-order valence-corrected chi connectivity index (χ0v) is 7.03. The van der Waals surface area contributed by atoms with Crippen LogP contribution in [-0.2, 0) is 4.79 Å². The van der Waals surface area contributed by atoms with Crippen molar-refractivity contribution >= 4 is 12.0 Å². The minimum atomic E-state index is -0.396. The predicted octanol–water partition coefficient (Wildman–Crippen LogP) is 1.71.